The molecule has 0 amide bonds. The molecule has 2 atom stereocenters. The van der Waals surface area contributed by atoms with E-state index in [0.29, 0.717) is 37.7 Å². The lowest BCUT2D eigenvalue weighted by atomic mass is 9.82. The van der Waals surface area contributed by atoms with Crippen LogP contribution in [0.2, 0.25) is 0 Å². The minimum absolute atomic E-state index is 0.106. The number of anilines is 1. The molecule has 0 saturated carbocycles. The fourth-order valence-corrected chi connectivity index (χ4v) is 6.56. The number of nitrogens with one attached hydrogen (secondary N) is 1. The van der Waals surface area contributed by atoms with Crippen molar-refractivity contribution in [1.82, 2.24) is 24.6 Å². The molecular weight excluding hydrogens is 495 g/mol. The zero-order valence-corrected chi connectivity index (χ0v) is 21.6. The molecule has 0 bridgehead atoms. The summed E-state index contributed by atoms with van der Waals surface area (Å²) in [6, 6.07) is 13.7. The van der Waals surface area contributed by atoms with Crippen LogP contribution in [0.1, 0.15) is 30.4 Å². The summed E-state index contributed by atoms with van der Waals surface area (Å²) in [5.41, 5.74) is 2.75. The second kappa shape index (κ2) is 9.70. The number of nitrogens with zero attached hydrogens (tertiary/aromatic N) is 5. The van der Waals surface area contributed by atoms with Gasteiger partial charge in [0, 0.05) is 37.2 Å². The molecule has 2 saturated heterocycles. The SMILES string of the molecule is CCn1cc(S(=O)(=O)NC2CN(c3cc4c(cc3F)OC[C@H](N3CCC3)[C@@H]4Cc3ccccc3)C2)nn1. The average molecular weight is 527 g/mol. The molecule has 3 aromatic rings. The monoisotopic (exact) mass is 526 g/mol. The van der Waals surface area contributed by atoms with Gasteiger partial charge in [0.1, 0.15) is 18.2 Å². The van der Waals surface area contributed by atoms with Gasteiger partial charge in [-0.3, -0.25) is 9.58 Å². The van der Waals surface area contributed by atoms with Gasteiger partial charge in [0.15, 0.2) is 0 Å². The third kappa shape index (κ3) is 4.71. The summed E-state index contributed by atoms with van der Waals surface area (Å²) in [6.07, 6.45) is 3.45. The van der Waals surface area contributed by atoms with E-state index in [4.69, 9.17) is 4.74 Å². The molecule has 0 aliphatic carbocycles. The number of ether oxygens (including phenoxy) is 1. The molecule has 4 heterocycles. The van der Waals surface area contributed by atoms with Crippen LogP contribution < -0.4 is 14.4 Å². The van der Waals surface area contributed by atoms with Gasteiger partial charge in [-0.25, -0.2) is 17.5 Å². The Morgan fingerprint density at radius 1 is 1.16 bits per heavy atom. The third-order valence-corrected chi connectivity index (χ3v) is 9.05. The van der Waals surface area contributed by atoms with Gasteiger partial charge in [0.2, 0.25) is 5.03 Å². The van der Waals surface area contributed by atoms with Crippen LogP contribution in [0.15, 0.2) is 53.7 Å². The Kier molecular flexibility index (Phi) is 6.37. The highest BCUT2D eigenvalue weighted by atomic mass is 32.2. The van der Waals surface area contributed by atoms with Gasteiger partial charge in [0.25, 0.3) is 10.0 Å². The minimum Gasteiger partial charge on any atom is -0.492 e. The fourth-order valence-electron chi connectivity index (χ4n) is 5.45. The first-order valence-electron chi connectivity index (χ1n) is 12.8. The molecular formula is C26H31FN6O3S. The Morgan fingerprint density at radius 3 is 2.62 bits per heavy atom. The van der Waals surface area contributed by atoms with Crippen LogP contribution in [0, 0.1) is 5.82 Å². The number of likely N-dealkylation sites (tertiary alicyclic amines) is 1. The second-order valence-electron chi connectivity index (χ2n) is 10.0. The predicted molar refractivity (Wildman–Crippen MR) is 137 cm³/mol. The highest BCUT2D eigenvalue weighted by Crippen LogP contribution is 2.43. The maximum atomic E-state index is 15.2. The molecule has 1 N–H and O–H groups in total. The molecule has 0 radical (unpaired) electrons. The number of hydrogen-bond donors (Lipinski definition) is 1. The van der Waals surface area contributed by atoms with Crippen LogP contribution in [0.25, 0.3) is 0 Å². The van der Waals surface area contributed by atoms with Gasteiger partial charge in [0.05, 0.1) is 24.0 Å². The Labute approximate surface area is 216 Å². The van der Waals surface area contributed by atoms with Crippen molar-refractivity contribution in [3.8, 4) is 5.75 Å². The van der Waals surface area contributed by atoms with E-state index in [0.717, 1.165) is 25.1 Å². The lowest BCUT2D eigenvalue weighted by Crippen LogP contribution is -2.59. The quantitative estimate of drug-likeness (QED) is 0.482. The number of aromatic nitrogens is 3. The molecule has 1 aromatic heterocycles. The smallest absolute Gasteiger partial charge is 0.261 e. The van der Waals surface area contributed by atoms with Gasteiger partial charge in [-0.1, -0.05) is 35.5 Å². The zero-order valence-electron chi connectivity index (χ0n) is 20.8. The molecule has 6 rings (SSSR count). The number of hydrogen-bond acceptors (Lipinski definition) is 7. The van der Waals surface area contributed by atoms with E-state index in [1.165, 1.54) is 28.9 Å². The molecule has 3 aliphatic heterocycles. The molecule has 3 aliphatic rings. The summed E-state index contributed by atoms with van der Waals surface area (Å²) in [6.45, 7) is 5.81. The lowest BCUT2D eigenvalue weighted by Gasteiger charge is -2.46. The fraction of sp³-hybridized carbons (Fsp3) is 0.462. The molecule has 9 nitrogen and oxygen atoms in total. The first-order valence-corrected chi connectivity index (χ1v) is 14.3. The standard InChI is InChI=1S/C26H31FN6O3S/c1-2-33-16-26(28-30-33)37(34,35)29-19-14-32(15-19)23-12-21-20(11-18-7-4-3-5-8-18)24(31-9-6-10-31)17-36-25(21)13-22(23)27/h3-5,7-8,12-13,16,19-20,24,29H,2,6,9-11,14-15,17H2,1H3/t20-,24+/m1/s1. The normalized spacial score (nSPS) is 22.2. The minimum atomic E-state index is -3.79. The Balaban J connectivity index is 1.21. The second-order valence-corrected chi connectivity index (χ2v) is 11.7. The molecule has 196 valence electrons. The van der Waals surface area contributed by atoms with Crippen molar-refractivity contribution < 1.29 is 17.5 Å². The van der Waals surface area contributed by atoms with Gasteiger partial charge >= 0.3 is 0 Å². The molecule has 2 fully saturated rings. The number of fused-ring (bicyclic) bond motifs is 1. The number of rotatable bonds is 8. The van der Waals surface area contributed by atoms with E-state index in [2.05, 4.69) is 32.1 Å². The van der Waals surface area contributed by atoms with E-state index in [1.54, 1.807) is 0 Å². The van der Waals surface area contributed by atoms with Crippen molar-refractivity contribution in [3.05, 3.63) is 65.6 Å². The first-order chi connectivity index (χ1) is 17.9. The van der Waals surface area contributed by atoms with E-state index >= 15 is 4.39 Å². The molecule has 2 aromatic carbocycles. The van der Waals surface area contributed by atoms with Crippen LogP contribution in [0.3, 0.4) is 0 Å². The van der Waals surface area contributed by atoms with Crippen LogP contribution >= 0.6 is 0 Å². The largest absolute Gasteiger partial charge is 0.492 e. The highest BCUT2D eigenvalue weighted by molar-refractivity contribution is 7.89. The first kappa shape index (κ1) is 24.3. The Hall–Kier alpha value is -3.02. The van der Waals surface area contributed by atoms with Gasteiger partial charge < -0.3 is 9.64 Å². The van der Waals surface area contributed by atoms with Crippen molar-refractivity contribution in [2.24, 2.45) is 0 Å². The molecule has 11 heteroatoms. The number of benzene rings is 2. The van der Waals surface area contributed by atoms with E-state index in [-0.39, 0.29) is 28.8 Å². The number of halogens is 1. The Bertz CT molecular complexity index is 1370. The zero-order chi connectivity index (χ0) is 25.6. The van der Waals surface area contributed by atoms with E-state index in [1.807, 2.05) is 36.1 Å². The third-order valence-electron chi connectivity index (χ3n) is 7.67. The maximum absolute atomic E-state index is 15.2. The van der Waals surface area contributed by atoms with Gasteiger partial charge in [-0.2, -0.15) is 0 Å². The van der Waals surface area contributed by atoms with Crippen molar-refractivity contribution in [2.75, 3.05) is 37.7 Å². The number of aryl methyl sites for hydroxylation is 1. The molecule has 0 spiro atoms. The van der Waals surface area contributed by atoms with Crippen molar-refractivity contribution >= 4 is 15.7 Å². The topological polar surface area (TPSA) is 92.6 Å². The van der Waals surface area contributed by atoms with Gasteiger partial charge in [-0.15, -0.1) is 5.10 Å². The van der Waals surface area contributed by atoms with E-state index < -0.39 is 10.0 Å². The Morgan fingerprint density at radius 2 is 1.95 bits per heavy atom. The van der Waals surface area contributed by atoms with Crippen LogP contribution in [0.5, 0.6) is 5.75 Å². The summed E-state index contributed by atoms with van der Waals surface area (Å²) in [5.74, 6) is 0.435. The summed E-state index contributed by atoms with van der Waals surface area (Å²) < 4.78 is 50.8. The summed E-state index contributed by atoms with van der Waals surface area (Å²) in [5, 5.41) is 7.46. The van der Waals surface area contributed by atoms with Crippen LogP contribution in [-0.4, -0.2) is 73.2 Å². The van der Waals surface area contributed by atoms with Crippen LogP contribution in [-0.2, 0) is 23.0 Å². The highest BCUT2D eigenvalue weighted by Gasteiger charge is 2.39. The maximum Gasteiger partial charge on any atom is 0.261 e. The van der Waals surface area contributed by atoms with Crippen molar-refractivity contribution in [3.63, 3.8) is 0 Å². The van der Waals surface area contributed by atoms with E-state index in [9.17, 15) is 8.42 Å². The predicted octanol–water partition coefficient (Wildman–Crippen LogP) is 2.40. The lowest BCUT2D eigenvalue weighted by molar-refractivity contribution is 0.0500. The number of sulfonamides is 1. The average Bonchev–Trinajstić information content (AvgIpc) is 3.33. The molecule has 37 heavy (non-hydrogen) atoms. The van der Waals surface area contributed by atoms with Crippen molar-refractivity contribution in [2.45, 2.75) is 49.3 Å². The van der Waals surface area contributed by atoms with Crippen LogP contribution in [0.4, 0.5) is 10.1 Å². The summed E-state index contributed by atoms with van der Waals surface area (Å²) >= 11 is 0. The van der Waals surface area contributed by atoms with Gasteiger partial charge in [-0.05, 0) is 44.5 Å². The summed E-state index contributed by atoms with van der Waals surface area (Å²) in [4.78, 5) is 4.33. The van der Waals surface area contributed by atoms with Crippen molar-refractivity contribution in [1.29, 1.82) is 0 Å². The molecule has 0 unspecified atom stereocenters. The summed E-state index contributed by atoms with van der Waals surface area (Å²) in [7, 11) is -3.79.